The van der Waals surface area contributed by atoms with E-state index in [1.807, 2.05) is 43.3 Å². The van der Waals surface area contributed by atoms with Crippen LogP contribution >= 0.6 is 0 Å². The predicted molar refractivity (Wildman–Crippen MR) is 95.4 cm³/mol. The van der Waals surface area contributed by atoms with Crippen LogP contribution in [0.25, 0.3) is 0 Å². The van der Waals surface area contributed by atoms with Crippen LogP contribution in [0.4, 0.5) is 11.4 Å². The number of amides is 2. The molecule has 2 aromatic rings. The second kappa shape index (κ2) is 8.15. The monoisotopic (exact) mass is 326 g/mol. The molecule has 0 aliphatic carbocycles. The fourth-order valence-electron chi connectivity index (χ4n) is 2.40. The van der Waals surface area contributed by atoms with Crippen molar-refractivity contribution in [2.45, 2.75) is 20.3 Å². The molecule has 0 heterocycles. The number of hydrogen-bond donors (Lipinski definition) is 1. The summed E-state index contributed by atoms with van der Waals surface area (Å²) in [4.78, 5) is 25.6. The number of benzene rings is 2. The standard InChI is InChI=1S/C19H22N2O3/c1-14-6-4-8-17(12-14)21(15(2)22)11-10-19(23)20-16-7-5-9-18(13-16)24-3/h4-9,12-13H,10-11H2,1-3H3,(H,20,23). The van der Waals surface area contributed by atoms with Gasteiger partial charge in [0.25, 0.3) is 0 Å². The summed E-state index contributed by atoms with van der Waals surface area (Å²) in [7, 11) is 1.58. The van der Waals surface area contributed by atoms with E-state index in [0.29, 0.717) is 18.0 Å². The van der Waals surface area contributed by atoms with Gasteiger partial charge in [-0.25, -0.2) is 0 Å². The predicted octanol–water partition coefficient (Wildman–Crippen LogP) is 3.39. The molecule has 0 unspecified atom stereocenters. The van der Waals surface area contributed by atoms with Crippen LogP contribution in [0.1, 0.15) is 18.9 Å². The van der Waals surface area contributed by atoms with Crippen molar-refractivity contribution in [3.05, 3.63) is 54.1 Å². The maximum Gasteiger partial charge on any atom is 0.226 e. The second-order valence-electron chi connectivity index (χ2n) is 5.54. The van der Waals surface area contributed by atoms with Gasteiger partial charge in [-0.05, 0) is 36.8 Å². The second-order valence-corrected chi connectivity index (χ2v) is 5.54. The van der Waals surface area contributed by atoms with Gasteiger partial charge in [0.05, 0.1) is 7.11 Å². The minimum Gasteiger partial charge on any atom is -0.497 e. The van der Waals surface area contributed by atoms with Gasteiger partial charge in [-0.2, -0.15) is 0 Å². The van der Waals surface area contributed by atoms with Crippen LogP contribution in [0.15, 0.2) is 48.5 Å². The van der Waals surface area contributed by atoms with Crippen LogP contribution in [0.5, 0.6) is 5.75 Å². The van der Waals surface area contributed by atoms with E-state index in [1.165, 1.54) is 6.92 Å². The van der Waals surface area contributed by atoms with Crippen LogP contribution in [0.2, 0.25) is 0 Å². The summed E-state index contributed by atoms with van der Waals surface area (Å²) in [6, 6.07) is 14.8. The number of nitrogens with one attached hydrogen (secondary N) is 1. The van der Waals surface area contributed by atoms with Crippen LogP contribution in [0, 0.1) is 6.92 Å². The first-order chi connectivity index (χ1) is 11.5. The Balaban J connectivity index is 1.98. The third-order valence-electron chi connectivity index (χ3n) is 3.61. The Kier molecular flexibility index (Phi) is 5.95. The fourth-order valence-corrected chi connectivity index (χ4v) is 2.40. The van der Waals surface area contributed by atoms with Gasteiger partial charge in [-0.15, -0.1) is 0 Å². The van der Waals surface area contributed by atoms with E-state index in [2.05, 4.69) is 5.32 Å². The number of ether oxygens (including phenoxy) is 1. The minimum absolute atomic E-state index is 0.0882. The van der Waals surface area contributed by atoms with Crippen molar-refractivity contribution >= 4 is 23.2 Å². The molecule has 2 amide bonds. The molecule has 126 valence electrons. The van der Waals surface area contributed by atoms with Crippen LogP contribution in [-0.2, 0) is 9.59 Å². The third-order valence-corrected chi connectivity index (χ3v) is 3.61. The van der Waals surface area contributed by atoms with E-state index in [4.69, 9.17) is 4.74 Å². The summed E-state index contributed by atoms with van der Waals surface area (Å²) in [5.41, 5.74) is 2.54. The van der Waals surface area contributed by atoms with Crippen molar-refractivity contribution < 1.29 is 14.3 Å². The molecule has 2 aromatic carbocycles. The summed E-state index contributed by atoms with van der Waals surface area (Å²) in [6.07, 6.45) is 0.213. The number of rotatable bonds is 6. The van der Waals surface area contributed by atoms with Crippen LogP contribution < -0.4 is 15.0 Å². The molecule has 5 heteroatoms. The molecule has 2 rings (SSSR count). The number of methoxy groups -OCH3 is 1. The Labute approximate surface area is 142 Å². The lowest BCUT2D eigenvalue weighted by Gasteiger charge is -2.21. The highest BCUT2D eigenvalue weighted by atomic mass is 16.5. The van der Waals surface area contributed by atoms with Crippen molar-refractivity contribution in [3.63, 3.8) is 0 Å². The molecule has 24 heavy (non-hydrogen) atoms. The minimum atomic E-state index is -0.151. The number of nitrogens with zero attached hydrogens (tertiary/aromatic N) is 1. The van der Waals surface area contributed by atoms with Crippen LogP contribution in [0.3, 0.4) is 0 Å². The molecular formula is C19H22N2O3. The van der Waals surface area contributed by atoms with E-state index in [-0.39, 0.29) is 18.2 Å². The summed E-state index contributed by atoms with van der Waals surface area (Å²) in [5.74, 6) is 0.440. The van der Waals surface area contributed by atoms with Crippen molar-refractivity contribution in [2.75, 3.05) is 23.9 Å². The van der Waals surface area contributed by atoms with E-state index in [0.717, 1.165) is 11.3 Å². The summed E-state index contributed by atoms with van der Waals surface area (Å²) < 4.78 is 5.13. The number of aryl methyl sites for hydroxylation is 1. The molecule has 0 spiro atoms. The highest BCUT2D eigenvalue weighted by molar-refractivity contribution is 5.94. The third kappa shape index (κ3) is 4.84. The molecule has 0 aliphatic heterocycles. The largest absolute Gasteiger partial charge is 0.497 e. The van der Waals surface area contributed by atoms with Crippen molar-refractivity contribution in [3.8, 4) is 5.75 Å². The Morgan fingerprint density at radius 3 is 2.54 bits per heavy atom. The summed E-state index contributed by atoms with van der Waals surface area (Å²) in [6.45, 7) is 3.80. The number of carbonyl (C=O) groups excluding carboxylic acids is 2. The first kappa shape index (κ1) is 17.5. The SMILES string of the molecule is COc1cccc(NC(=O)CCN(C(C)=O)c2cccc(C)c2)c1. The molecule has 0 bridgehead atoms. The topological polar surface area (TPSA) is 58.6 Å². The van der Waals surface area contributed by atoms with Gasteiger partial charge in [-0.1, -0.05) is 18.2 Å². The van der Waals surface area contributed by atoms with Gasteiger partial charge in [0, 0.05) is 37.3 Å². The maximum atomic E-state index is 12.1. The first-order valence-electron chi connectivity index (χ1n) is 7.78. The lowest BCUT2D eigenvalue weighted by Crippen LogP contribution is -2.32. The fraction of sp³-hybridized carbons (Fsp3) is 0.263. The van der Waals surface area contributed by atoms with Crippen molar-refractivity contribution in [1.82, 2.24) is 0 Å². The number of hydrogen-bond acceptors (Lipinski definition) is 3. The highest BCUT2D eigenvalue weighted by Crippen LogP contribution is 2.18. The smallest absolute Gasteiger partial charge is 0.226 e. The van der Waals surface area contributed by atoms with E-state index in [9.17, 15) is 9.59 Å². The summed E-state index contributed by atoms with van der Waals surface area (Å²) >= 11 is 0. The lowest BCUT2D eigenvalue weighted by molar-refractivity contribution is -0.117. The zero-order chi connectivity index (χ0) is 17.5. The van der Waals surface area contributed by atoms with Crippen molar-refractivity contribution in [1.29, 1.82) is 0 Å². The quantitative estimate of drug-likeness (QED) is 0.885. The molecular weight excluding hydrogens is 304 g/mol. The Hall–Kier alpha value is -2.82. The zero-order valence-corrected chi connectivity index (χ0v) is 14.2. The van der Waals surface area contributed by atoms with Gasteiger partial charge in [0.15, 0.2) is 0 Å². The molecule has 0 aromatic heterocycles. The van der Waals surface area contributed by atoms with E-state index >= 15 is 0 Å². The highest BCUT2D eigenvalue weighted by Gasteiger charge is 2.13. The molecule has 0 atom stereocenters. The maximum absolute atomic E-state index is 12.1. The Morgan fingerprint density at radius 2 is 1.88 bits per heavy atom. The first-order valence-corrected chi connectivity index (χ1v) is 7.78. The number of carbonyl (C=O) groups is 2. The van der Waals surface area contributed by atoms with Gasteiger partial charge < -0.3 is 15.0 Å². The van der Waals surface area contributed by atoms with Crippen molar-refractivity contribution in [2.24, 2.45) is 0 Å². The molecule has 0 aliphatic rings. The average Bonchev–Trinajstić information content (AvgIpc) is 2.55. The molecule has 0 fully saturated rings. The molecule has 1 N–H and O–H groups in total. The van der Waals surface area contributed by atoms with Gasteiger partial charge in [-0.3, -0.25) is 9.59 Å². The summed E-state index contributed by atoms with van der Waals surface area (Å²) in [5, 5.41) is 2.82. The Morgan fingerprint density at radius 1 is 1.12 bits per heavy atom. The van der Waals surface area contributed by atoms with Gasteiger partial charge in [0.2, 0.25) is 11.8 Å². The zero-order valence-electron chi connectivity index (χ0n) is 14.2. The molecule has 0 saturated heterocycles. The van der Waals surface area contributed by atoms with Crippen LogP contribution in [-0.4, -0.2) is 25.5 Å². The van der Waals surface area contributed by atoms with E-state index in [1.54, 1.807) is 24.1 Å². The lowest BCUT2D eigenvalue weighted by atomic mass is 10.2. The normalized spacial score (nSPS) is 10.1. The molecule has 5 nitrogen and oxygen atoms in total. The van der Waals surface area contributed by atoms with E-state index < -0.39 is 0 Å². The van der Waals surface area contributed by atoms with Gasteiger partial charge in [0.1, 0.15) is 5.75 Å². The van der Waals surface area contributed by atoms with Gasteiger partial charge >= 0.3 is 0 Å². The molecule has 0 radical (unpaired) electrons. The Bertz CT molecular complexity index is 728. The average molecular weight is 326 g/mol. The number of anilines is 2. The molecule has 0 saturated carbocycles.